The highest BCUT2D eigenvalue weighted by Crippen LogP contribution is 2.16. The van der Waals surface area contributed by atoms with Crippen molar-refractivity contribution in [2.45, 2.75) is 19.3 Å². The predicted molar refractivity (Wildman–Crippen MR) is 71.0 cm³/mol. The molecule has 1 saturated heterocycles. The van der Waals surface area contributed by atoms with E-state index in [2.05, 4.69) is 28.3 Å². The zero-order valence-corrected chi connectivity index (χ0v) is 10.7. The molecular formula is C14H23N3. The molecule has 3 heteroatoms. The molecule has 0 radical (unpaired) electrons. The van der Waals surface area contributed by atoms with Crippen molar-refractivity contribution >= 4 is 0 Å². The van der Waals surface area contributed by atoms with Gasteiger partial charge in [0.05, 0.1) is 0 Å². The van der Waals surface area contributed by atoms with Crippen molar-refractivity contribution in [2.24, 2.45) is 5.92 Å². The molecule has 2 heterocycles. The van der Waals surface area contributed by atoms with Crippen molar-refractivity contribution in [1.82, 2.24) is 15.2 Å². The van der Waals surface area contributed by atoms with Crippen LogP contribution < -0.4 is 5.32 Å². The number of pyridine rings is 1. The fourth-order valence-electron chi connectivity index (χ4n) is 2.54. The number of likely N-dealkylation sites (tertiary alicyclic amines) is 1. The van der Waals surface area contributed by atoms with E-state index in [1.165, 1.54) is 44.6 Å². The highest BCUT2D eigenvalue weighted by molar-refractivity contribution is 5.08. The Kier molecular flexibility index (Phi) is 4.95. The van der Waals surface area contributed by atoms with Crippen molar-refractivity contribution < 1.29 is 0 Å². The third-order valence-corrected chi connectivity index (χ3v) is 3.64. The molecule has 0 amide bonds. The Hall–Kier alpha value is -0.930. The smallest absolute Gasteiger partial charge is 0.0300 e. The molecule has 0 saturated carbocycles. The molecule has 0 atom stereocenters. The first-order valence-corrected chi connectivity index (χ1v) is 6.64. The molecule has 1 aliphatic rings. The van der Waals surface area contributed by atoms with Gasteiger partial charge < -0.3 is 10.2 Å². The van der Waals surface area contributed by atoms with Crippen LogP contribution in [0.3, 0.4) is 0 Å². The fourth-order valence-corrected chi connectivity index (χ4v) is 2.54. The van der Waals surface area contributed by atoms with Crippen LogP contribution in [-0.2, 0) is 6.42 Å². The number of nitrogens with zero attached hydrogens (tertiary/aromatic N) is 2. The molecule has 0 spiro atoms. The first-order chi connectivity index (χ1) is 8.38. The fraction of sp³-hybridized carbons (Fsp3) is 0.643. The zero-order chi connectivity index (χ0) is 11.9. The highest BCUT2D eigenvalue weighted by atomic mass is 15.1. The lowest BCUT2D eigenvalue weighted by Gasteiger charge is -2.31. The maximum atomic E-state index is 4.16. The molecule has 0 unspecified atom stereocenters. The average molecular weight is 233 g/mol. The average Bonchev–Trinajstić information content (AvgIpc) is 2.40. The lowest BCUT2D eigenvalue weighted by molar-refractivity contribution is 0.185. The molecule has 0 aliphatic carbocycles. The molecule has 3 nitrogen and oxygen atoms in total. The summed E-state index contributed by atoms with van der Waals surface area (Å²) in [7, 11) is 2.05. The van der Waals surface area contributed by atoms with Crippen LogP contribution in [0.2, 0.25) is 0 Å². The Bertz CT molecular complexity index is 305. The van der Waals surface area contributed by atoms with E-state index in [4.69, 9.17) is 0 Å². The normalized spacial score (nSPS) is 18.4. The molecule has 1 N–H and O–H groups in total. The summed E-state index contributed by atoms with van der Waals surface area (Å²) in [5.74, 6) is 0.884. The van der Waals surface area contributed by atoms with E-state index in [9.17, 15) is 0 Å². The Balaban J connectivity index is 1.68. The Morgan fingerprint density at radius 3 is 2.88 bits per heavy atom. The summed E-state index contributed by atoms with van der Waals surface area (Å²) < 4.78 is 0. The van der Waals surface area contributed by atoms with Crippen LogP contribution in [0.5, 0.6) is 0 Å². The van der Waals surface area contributed by atoms with E-state index in [-0.39, 0.29) is 0 Å². The van der Waals surface area contributed by atoms with Gasteiger partial charge in [-0.15, -0.1) is 0 Å². The molecule has 17 heavy (non-hydrogen) atoms. The van der Waals surface area contributed by atoms with E-state index in [1.807, 2.05) is 18.5 Å². The van der Waals surface area contributed by atoms with Crippen LogP contribution in [0.25, 0.3) is 0 Å². The van der Waals surface area contributed by atoms with Crippen molar-refractivity contribution in [1.29, 1.82) is 0 Å². The van der Waals surface area contributed by atoms with Gasteiger partial charge in [0, 0.05) is 18.9 Å². The van der Waals surface area contributed by atoms with Crippen molar-refractivity contribution in [3.8, 4) is 0 Å². The maximum Gasteiger partial charge on any atom is 0.0300 e. The van der Waals surface area contributed by atoms with E-state index in [0.717, 1.165) is 12.3 Å². The van der Waals surface area contributed by atoms with Crippen molar-refractivity contribution in [3.05, 3.63) is 30.1 Å². The van der Waals surface area contributed by atoms with Gasteiger partial charge in [-0.3, -0.25) is 4.98 Å². The summed E-state index contributed by atoms with van der Waals surface area (Å²) in [6.07, 6.45) is 7.63. The van der Waals surface area contributed by atoms with Crippen molar-refractivity contribution in [3.63, 3.8) is 0 Å². The second-order valence-electron chi connectivity index (χ2n) is 4.95. The second-order valence-corrected chi connectivity index (χ2v) is 4.95. The van der Waals surface area contributed by atoms with Crippen LogP contribution >= 0.6 is 0 Å². The lowest BCUT2D eigenvalue weighted by Crippen LogP contribution is -2.37. The molecule has 2 rings (SSSR count). The predicted octanol–water partition coefficient (Wildman–Crippen LogP) is 1.56. The first kappa shape index (κ1) is 12.5. The van der Waals surface area contributed by atoms with Gasteiger partial charge in [-0.05, 0) is 63.5 Å². The zero-order valence-electron chi connectivity index (χ0n) is 10.7. The highest BCUT2D eigenvalue weighted by Gasteiger charge is 2.17. The third kappa shape index (κ3) is 4.10. The summed E-state index contributed by atoms with van der Waals surface area (Å²) >= 11 is 0. The molecule has 1 aromatic heterocycles. The number of aromatic nitrogens is 1. The van der Waals surface area contributed by atoms with Gasteiger partial charge in [0.15, 0.2) is 0 Å². The van der Waals surface area contributed by atoms with Crippen LogP contribution in [0.4, 0.5) is 0 Å². The topological polar surface area (TPSA) is 28.2 Å². The van der Waals surface area contributed by atoms with Crippen LogP contribution in [0.1, 0.15) is 18.4 Å². The van der Waals surface area contributed by atoms with Gasteiger partial charge in [-0.1, -0.05) is 6.07 Å². The number of rotatable bonds is 5. The number of hydrogen-bond donors (Lipinski definition) is 1. The van der Waals surface area contributed by atoms with E-state index in [0.29, 0.717) is 0 Å². The molecule has 1 aromatic rings. The van der Waals surface area contributed by atoms with Crippen molar-refractivity contribution in [2.75, 3.05) is 33.2 Å². The number of piperidine rings is 1. The van der Waals surface area contributed by atoms with Gasteiger partial charge in [-0.25, -0.2) is 0 Å². The molecule has 94 valence electrons. The van der Waals surface area contributed by atoms with Crippen LogP contribution in [-0.4, -0.2) is 43.1 Å². The maximum absolute atomic E-state index is 4.16. The van der Waals surface area contributed by atoms with Gasteiger partial charge in [0.1, 0.15) is 0 Å². The monoisotopic (exact) mass is 233 g/mol. The molecule has 0 aromatic carbocycles. The second kappa shape index (κ2) is 6.72. The standard InChI is InChI=1S/C14H23N3/c1-15-11-14-5-9-17(10-6-14)8-4-13-3-2-7-16-12-13/h2-3,7,12,14-15H,4-6,8-11H2,1H3. The Morgan fingerprint density at radius 1 is 1.41 bits per heavy atom. The Morgan fingerprint density at radius 2 is 2.24 bits per heavy atom. The molecule has 1 fully saturated rings. The van der Waals surface area contributed by atoms with Gasteiger partial charge in [0.2, 0.25) is 0 Å². The largest absolute Gasteiger partial charge is 0.319 e. The summed E-state index contributed by atoms with van der Waals surface area (Å²) in [6, 6.07) is 4.19. The number of nitrogens with one attached hydrogen (secondary N) is 1. The molecule has 1 aliphatic heterocycles. The number of hydrogen-bond acceptors (Lipinski definition) is 3. The van der Waals surface area contributed by atoms with Crippen LogP contribution in [0, 0.1) is 5.92 Å². The lowest BCUT2D eigenvalue weighted by atomic mass is 9.96. The Labute approximate surface area is 104 Å². The summed E-state index contributed by atoms with van der Waals surface area (Å²) in [5, 5.41) is 3.28. The minimum Gasteiger partial charge on any atom is -0.319 e. The summed E-state index contributed by atoms with van der Waals surface area (Å²) in [4.78, 5) is 6.74. The first-order valence-electron chi connectivity index (χ1n) is 6.64. The molecular weight excluding hydrogens is 210 g/mol. The molecule has 0 bridgehead atoms. The minimum atomic E-state index is 0.884. The van der Waals surface area contributed by atoms with Gasteiger partial charge >= 0.3 is 0 Å². The van der Waals surface area contributed by atoms with E-state index in [1.54, 1.807) is 0 Å². The third-order valence-electron chi connectivity index (χ3n) is 3.64. The quantitative estimate of drug-likeness (QED) is 0.836. The van der Waals surface area contributed by atoms with E-state index < -0.39 is 0 Å². The van der Waals surface area contributed by atoms with Gasteiger partial charge in [0.25, 0.3) is 0 Å². The van der Waals surface area contributed by atoms with E-state index >= 15 is 0 Å². The minimum absolute atomic E-state index is 0.884. The van der Waals surface area contributed by atoms with Gasteiger partial charge in [-0.2, -0.15) is 0 Å². The summed E-state index contributed by atoms with van der Waals surface area (Å²) in [6.45, 7) is 4.87. The summed E-state index contributed by atoms with van der Waals surface area (Å²) in [5.41, 5.74) is 1.35. The van der Waals surface area contributed by atoms with Crippen LogP contribution in [0.15, 0.2) is 24.5 Å². The SMILES string of the molecule is CNCC1CCN(CCc2cccnc2)CC1.